The SMILES string of the molecule is Fc1ccc2c(c1)C1=NC3(F)NC(=NC4=NC(=Nc5[nH]c(c6ccccc56)N(F)C2=N1)c1ccccc14)c1c(F)cccc13.[Cu]. The van der Waals surface area contributed by atoms with Gasteiger partial charge in [0, 0.05) is 55.7 Å². The van der Waals surface area contributed by atoms with E-state index >= 15 is 13.3 Å². The number of hydrogen-bond acceptors (Lipinski definition) is 7. The van der Waals surface area contributed by atoms with Crippen LogP contribution < -0.4 is 10.4 Å². The average molecular weight is 652 g/mol. The summed E-state index contributed by atoms with van der Waals surface area (Å²) in [7, 11) is 0. The first-order valence-electron chi connectivity index (χ1n) is 13.6. The third-order valence-corrected chi connectivity index (χ3v) is 7.94. The number of nitrogens with one attached hydrogen (secondary N) is 2. The molecule has 1 unspecified atom stereocenters. The van der Waals surface area contributed by atoms with Gasteiger partial charge in [0.2, 0.25) is 0 Å². The molecule has 0 spiro atoms. The first kappa shape index (κ1) is 27.2. The Morgan fingerprint density at radius 3 is 2.22 bits per heavy atom. The fourth-order valence-electron chi connectivity index (χ4n) is 5.97. The Kier molecular flexibility index (Phi) is 5.77. The topological polar surface area (TPSA) is 92.9 Å². The molecule has 0 amide bonds. The van der Waals surface area contributed by atoms with E-state index in [0.717, 1.165) is 12.1 Å². The van der Waals surface area contributed by atoms with Crippen molar-refractivity contribution in [3.63, 3.8) is 0 Å². The predicted octanol–water partition coefficient (Wildman–Crippen LogP) is 6.32. The summed E-state index contributed by atoms with van der Waals surface area (Å²) in [5, 5.41) is 3.98. The van der Waals surface area contributed by atoms with Crippen LogP contribution in [-0.2, 0) is 23.0 Å². The molecule has 0 saturated heterocycles. The van der Waals surface area contributed by atoms with Crippen LogP contribution in [0, 0.1) is 11.6 Å². The molecule has 0 aliphatic carbocycles. The van der Waals surface area contributed by atoms with E-state index in [9.17, 15) is 4.39 Å². The maximum atomic E-state index is 17.0. The number of aliphatic imine (C=N–C) groups is 5. The minimum absolute atomic E-state index is 0. The van der Waals surface area contributed by atoms with E-state index in [1.807, 2.05) is 6.07 Å². The van der Waals surface area contributed by atoms with Crippen molar-refractivity contribution in [2.75, 3.05) is 5.12 Å². The van der Waals surface area contributed by atoms with Crippen LogP contribution in [0.15, 0.2) is 110 Å². The molecule has 1 atom stereocenters. The minimum atomic E-state index is -2.78. The molecule has 8 bridgehead atoms. The van der Waals surface area contributed by atoms with Gasteiger partial charge in [-0.3, -0.25) is 0 Å². The molecule has 0 fully saturated rings. The Hall–Kier alpha value is -5.39. The maximum absolute atomic E-state index is 17.0. The summed E-state index contributed by atoms with van der Waals surface area (Å²) < 4.78 is 63.3. The van der Waals surface area contributed by atoms with Crippen molar-refractivity contribution in [2.45, 2.75) is 5.92 Å². The van der Waals surface area contributed by atoms with Crippen molar-refractivity contribution < 1.29 is 34.7 Å². The fraction of sp³-hybridized carbons (Fsp3) is 0.0312. The van der Waals surface area contributed by atoms with Gasteiger partial charge in [-0.25, -0.2) is 33.7 Å². The largest absolute Gasteiger partial charge is 0.323 e. The van der Waals surface area contributed by atoms with Gasteiger partial charge in [0.15, 0.2) is 29.2 Å². The second kappa shape index (κ2) is 9.55. The number of aromatic nitrogens is 1. The third kappa shape index (κ3) is 3.87. The maximum Gasteiger partial charge on any atom is 0.305 e. The molecule has 8 nitrogen and oxygen atoms in total. The van der Waals surface area contributed by atoms with Gasteiger partial charge in [0.05, 0.1) is 5.56 Å². The molecule has 4 aliphatic heterocycles. The first-order chi connectivity index (χ1) is 21.4. The number of alkyl halides is 1. The van der Waals surface area contributed by atoms with Gasteiger partial charge >= 0.3 is 5.92 Å². The number of hydrogen-bond donors (Lipinski definition) is 2. The molecule has 4 aromatic carbocycles. The monoisotopic (exact) mass is 651 g/mol. The number of H-pyrrole nitrogens is 1. The molecule has 0 saturated carbocycles. The van der Waals surface area contributed by atoms with Gasteiger partial charge in [0.25, 0.3) is 0 Å². The Bertz CT molecular complexity index is 2290. The summed E-state index contributed by atoms with van der Waals surface area (Å²) in [5.41, 5.74) is 1.13. The Morgan fingerprint density at radius 1 is 0.689 bits per heavy atom. The molecule has 4 aliphatic rings. The van der Waals surface area contributed by atoms with Gasteiger partial charge in [-0.15, -0.1) is 5.12 Å². The number of nitrogens with zero attached hydrogens (tertiary/aromatic N) is 6. The van der Waals surface area contributed by atoms with Gasteiger partial charge in [-0.1, -0.05) is 65.1 Å². The van der Waals surface area contributed by atoms with E-state index in [1.54, 1.807) is 42.5 Å². The van der Waals surface area contributed by atoms with Crippen LogP contribution in [0.4, 0.5) is 29.3 Å². The van der Waals surface area contributed by atoms with Crippen molar-refractivity contribution >= 4 is 51.6 Å². The number of amidine groups is 5. The number of benzene rings is 4. The molecule has 13 heteroatoms. The molecule has 5 heterocycles. The zero-order chi connectivity index (χ0) is 29.7. The zero-order valence-corrected chi connectivity index (χ0v) is 23.5. The van der Waals surface area contributed by atoms with E-state index in [4.69, 9.17) is 4.99 Å². The van der Waals surface area contributed by atoms with E-state index in [0.29, 0.717) is 32.8 Å². The quantitative estimate of drug-likeness (QED) is 0.0888. The molecule has 2 N–H and O–H groups in total. The molecular weight excluding hydrogens is 636 g/mol. The molecule has 223 valence electrons. The van der Waals surface area contributed by atoms with E-state index in [1.165, 1.54) is 24.3 Å². The summed E-state index contributed by atoms with van der Waals surface area (Å²) in [6.07, 6.45) is 0. The van der Waals surface area contributed by atoms with Gasteiger partial charge < -0.3 is 10.3 Å². The van der Waals surface area contributed by atoms with Gasteiger partial charge in [-0.2, -0.15) is 4.39 Å². The van der Waals surface area contributed by atoms with Crippen molar-refractivity contribution in [1.82, 2.24) is 10.3 Å². The second-order valence-corrected chi connectivity index (χ2v) is 10.5. The minimum Gasteiger partial charge on any atom is -0.323 e. The van der Waals surface area contributed by atoms with Crippen LogP contribution in [0.2, 0.25) is 0 Å². The summed E-state index contributed by atoms with van der Waals surface area (Å²) in [4.78, 5) is 25.6. The molecule has 1 radical (unpaired) electrons. The number of halogens is 4. The van der Waals surface area contributed by atoms with Crippen LogP contribution in [0.5, 0.6) is 0 Å². The van der Waals surface area contributed by atoms with Crippen molar-refractivity contribution in [3.8, 4) is 0 Å². The molecule has 5 aromatic rings. The van der Waals surface area contributed by atoms with E-state index in [2.05, 4.69) is 30.3 Å². The van der Waals surface area contributed by atoms with Gasteiger partial charge in [-0.05, 0) is 24.3 Å². The Balaban J connectivity index is 0.00000300. The number of fused-ring (bicyclic) bond motifs is 18. The summed E-state index contributed by atoms with van der Waals surface area (Å²) in [6, 6.07) is 21.7. The average Bonchev–Trinajstić information content (AvgIpc) is 3.74. The van der Waals surface area contributed by atoms with Crippen LogP contribution in [0.3, 0.4) is 0 Å². The predicted molar refractivity (Wildman–Crippen MR) is 159 cm³/mol. The normalized spacial score (nSPS) is 18.9. The smallest absolute Gasteiger partial charge is 0.305 e. The van der Waals surface area contributed by atoms with Crippen LogP contribution in [0.25, 0.3) is 10.8 Å². The van der Waals surface area contributed by atoms with E-state index < -0.39 is 17.6 Å². The summed E-state index contributed by atoms with van der Waals surface area (Å²) >= 11 is 0. The standard InChI is InChI=1S/C32H16F4N8.Cu/c33-15-12-13-20-21(14-15)28-41-31(20)44(36)30-19-9-4-3-8-18(19)27(40-30)38-25-16-6-1-2-7-17(16)26(37-25)39-29-24-22(10-5-11-23(24)34)32(35,42-28)43-29;/h1-14,40H,(H,37,38,39,43);. The zero-order valence-electron chi connectivity index (χ0n) is 22.6. The van der Waals surface area contributed by atoms with Crippen LogP contribution in [0.1, 0.15) is 33.4 Å². The summed E-state index contributed by atoms with van der Waals surface area (Å²) in [5.74, 6) is -4.13. The van der Waals surface area contributed by atoms with Crippen LogP contribution in [-0.4, -0.2) is 34.2 Å². The Labute approximate surface area is 262 Å². The molecule has 1 aromatic heterocycles. The second-order valence-electron chi connectivity index (χ2n) is 10.5. The van der Waals surface area contributed by atoms with Crippen molar-refractivity contribution in [1.29, 1.82) is 0 Å². The van der Waals surface area contributed by atoms with Gasteiger partial charge in [0.1, 0.15) is 23.3 Å². The van der Waals surface area contributed by atoms with Crippen molar-refractivity contribution in [3.05, 3.63) is 130 Å². The van der Waals surface area contributed by atoms with Crippen LogP contribution >= 0.6 is 0 Å². The molecular formula is C32H16CuF4N8. The molecule has 45 heavy (non-hydrogen) atoms. The number of rotatable bonds is 0. The first-order valence-corrected chi connectivity index (χ1v) is 13.6. The number of anilines is 1. The van der Waals surface area contributed by atoms with Crippen molar-refractivity contribution in [2.24, 2.45) is 25.0 Å². The van der Waals surface area contributed by atoms with E-state index in [-0.39, 0.29) is 74.3 Å². The third-order valence-electron chi connectivity index (χ3n) is 7.94. The Morgan fingerprint density at radius 2 is 1.42 bits per heavy atom. The molecule has 9 rings (SSSR count). The fourth-order valence-corrected chi connectivity index (χ4v) is 5.97. The summed E-state index contributed by atoms with van der Waals surface area (Å²) in [6.45, 7) is 0. The number of aromatic amines is 1.